The number of nitrogens with zero attached hydrogens (tertiary/aromatic N) is 3. The summed E-state index contributed by atoms with van der Waals surface area (Å²) in [6, 6.07) is 16.2. The van der Waals surface area contributed by atoms with Gasteiger partial charge in [0.1, 0.15) is 5.82 Å². The van der Waals surface area contributed by atoms with Crippen LogP contribution in [0.5, 0.6) is 0 Å². The molecule has 2 aromatic rings. The van der Waals surface area contributed by atoms with E-state index in [9.17, 15) is 4.39 Å². The van der Waals surface area contributed by atoms with Gasteiger partial charge in [0.2, 0.25) is 0 Å². The first kappa shape index (κ1) is 17.6. The second-order valence-electron chi connectivity index (χ2n) is 7.15. The van der Waals surface area contributed by atoms with Crippen molar-refractivity contribution in [3.05, 3.63) is 54.3 Å². The van der Waals surface area contributed by atoms with Gasteiger partial charge in [-0.05, 0) is 38.1 Å². The SMILES string of the molecule is CC1CN(CCN2SN(c3ccccc3F)c3ccccc32)CC(C)N1. The molecule has 0 spiro atoms. The first-order chi connectivity index (χ1) is 12.6. The second kappa shape index (κ2) is 7.47. The summed E-state index contributed by atoms with van der Waals surface area (Å²) in [5.74, 6) is -0.193. The summed E-state index contributed by atoms with van der Waals surface area (Å²) in [4.78, 5) is 2.51. The van der Waals surface area contributed by atoms with Crippen LogP contribution in [0.2, 0.25) is 0 Å². The zero-order valence-electron chi connectivity index (χ0n) is 15.2. The Bertz CT molecular complexity index is 761. The molecular formula is C20H25FN4S. The number of rotatable bonds is 4. The van der Waals surface area contributed by atoms with E-state index in [2.05, 4.69) is 40.5 Å². The van der Waals surface area contributed by atoms with Gasteiger partial charge in [0, 0.05) is 38.3 Å². The van der Waals surface area contributed by atoms with E-state index in [-0.39, 0.29) is 5.82 Å². The predicted molar refractivity (Wildman–Crippen MR) is 108 cm³/mol. The van der Waals surface area contributed by atoms with Crippen LogP contribution in [0.3, 0.4) is 0 Å². The van der Waals surface area contributed by atoms with Gasteiger partial charge in [-0.3, -0.25) is 13.5 Å². The van der Waals surface area contributed by atoms with E-state index < -0.39 is 0 Å². The Kier molecular flexibility index (Phi) is 5.07. The Morgan fingerprint density at radius 2 is 1.54 bits per heavy atom. The fourth-order valence-electron chi connectivity index (χ4n) is 3.84. The number of nitrogens with one attached hydrogen (secondary N) is 1. The normalized spacial score (nSPS) is 23.3. The lowest BCUT2D eigenvalue weighted by molar-refractivity contribution is 0.178. The van der Waals surface area contributed by atoms with Gasteiger partial charge in [0.05, 0.1) is 29.2 Å². The molecule has 4 nitrogen and oxygen atoms in total. The van der Waals surface area contributed by atoms with Crippen LogP contribution in [0, 0.1) is 5.82 Å². The highest BCUT2D eigenvalue weighted by molar-refractivity contribution is 8.02. The molecule has 0 saturated carbocycles. The second-order valence-corrected chi connectivity index (χ2v) is 8.12. The Balaban J connectivity index is 1.51. The zero-order chi connectivity index (χ0) is 18.1. The van der Waals surface area contributed by atoms with Crippen LogP contribution in [0.4, 0.5) is 21.5 Å². The van der Waals surface area contributed by atoms with Crippen molar-refractivity contribution in [2.24, 2.45) is 0 Å². The maximum Gasteiger partial charge on any atom is 0.147 e. The van der Waals surface area contributed by atoms with Crippen molar-refractivity contribution in [1.29, 1.82) is 0 Å². The molecule has 0 bridgehead atoms. The van der Waals surface area contributed by atoms with Crippen LogP contribution >= 0.6 is 12.1 Å². The van der Waals surface area contributed by atoms with Crippen molar-refractivity contribution < 1.29 is 4.39 Å². The molecule has 1 saturated heterocycles. The largest absolute Gasteiger partial charge is 0.309 e. The molecule has 2 heterocycles. The van der Waals surface area contributed by atoms with Gasteiger partial charge in [0.15, 0.2) is 0 Å². The van der Waals surface area contributed by atoms with E-state index in [1.54, 1.807) is 18.2 Å². The lowest BCUT2D eigenvalue weighted by Crippen LogP contribution is -2.55. The first-order valence-electron chi connectivity index (χ1n) is 9.19. The Morgan fingerprint density at radius 3 is 2.23 bits per heavy atom. The number of piperazine rings is 1. The molecule has 2 unspecified atom stereocenters. The fourth-order valence-corrected chi connectivity index (χ4v) is 4.92. The molecule has 1 N–H and O–H groups in total. The predicted octanol–water partition coefficient (Wildman–Crippen LogP) is 4.03. The van der Waals surface area contributed by atoms with Gasteiger partial charge < -0.3 is 5.32 Å². The number of para-hydroxylation sites is 3. The summed E-state index contributed by atoms with van der Waals surface area (Å²) in [6.45, 7) is 8.53. The Morgan fingerprint density at radius 1 is 0.923 bits per heavy atom. The third kappa shape index (κ3) is 3.54. The number of hydrogen-bond donors (Lipinski definition) is 1. The fraction of sp³-hybridized carbons (Fsp3) is 0.400. The van der Waals surface area contributed by atoms with Crippen LogP contribution in [-0.2, 0) is 0 Å². The minimum atomic E-state index is -0.193. The molecule has 0 amide bonds. The number of anilines is 3. The van der Waals surface area contributed by atoms with Crippen molar-refractivity contribution in [3.8, 4) is 0 Å². The minimum absolute atomic E-state index is 0.193. The van der Waals surface area contributed by atoms with Gasteiger partial charge in [-0.2, -0.15) is 0 Å². The van der Waals surface area contributed by atoms with Gasteiger partial charge in [0.25, 0.3) is 0 Å². The average Bonchev–Trinajstić information content (AvgIpc) is 2.98. The standard InChI is InChI=1S/C20H25FN4S/c1-15-13-23(14-16(2)22-15)11-12-24-19-9-5-6-10-20(19)25(26-24)18-8-4-3-7-17(18)21/h3-10,15-16,22H,11-14H2,1-2H3. The van der Waals surface area contributed by atoms with Crippen molar-refractivity contribution in [3.63, 3.8) is 0 Å². The minimum Gasteiger partial charge on any atom is -0.309 e. The molecule has 4 rings (SSSR count). The Labute approximate surface area is 159 Å². The molecule has 26 heavy (non-hydrogen) atoms. The maximum absolute atomic E-state index is 14.3. The summed E-state index contributed by atoms with van der Waals surface area (Å²) < 4.78 is 18.6. The molecule has 2 aliphatic rings. The lowest BCUT2D eigenvalue weighted by atomic mass is 10.1. The van der Waals surface area contributed by atoms with Gasteiger partial charge in [-0.25, -0.2) is 4.39 Å². The Hall–Kier alpha value is -1.76. The highest BCUT2D eigenvalue weighted by Gasteiger charge is 2.30. The highest BCUT2D eigenvalue weighted by atomic mass is 32.2. The number of benzene rings is 2. The molecule has 0 radical (unpaired) electrons. The lowest BCUT2D eigenvalue weighted by Gasteiger charge is -2.36. The monoisotopic (exact) mass is 372 g/mol. The van der Waals surface area contributed by atoms with Crippen molar-refractivity contribution in [1.82, 2.24) is 10.2 Å². The van der Waals surface area contributed by atoms with E-state index in [1.807, 2.05) is 28.6 Å². The third-order valence-electron chi connectivity index (χ3n) is 4.87. The molecular weight excluding hydrogens is 347 g/mol. The average molecular weight is 373 g/mol. The van der Waals surface area contributed by atoms with E-state index in [0.717, 1.165) is 37.6 Å². The molecule has 2 aromatic carbocycles. The summed E-state index contributed by atoms with van der Waals surface area (Å²) in [6.07, 6.45) is 0. The highest BCUT2D eigenvalue weighted by Crippen LogP contribution is 2.49. The molecule has 1 fully saturated rings. The third-order valence-corrected chi connectivity index (χ3v) is 6.01. The van der Waals surface area contributed by atoms with Gasteiger partial charge in [-0.1, -0.05) is 24.3 Å². The molecule has 2 atom stereocenters. The van der Waals surface area contributed by atoms with Crippen molar-refractivity contribution >= 4 is 29.2 Å². The van der Waals surface area contributed by atoms with E-state index in [0.29, 0.717) is 17.8 Å². The topological polar surface area (TPSA) is 21.8 Å². The van der Waals surface area contributed by atoms with Crippen LogP contribution in [0.25, 0.3) is 0 Å². The van der Waals surface area contributed by atoms with Crippen LogP contribution in [0.15, 0.2) is 48.5 Å². The summed E-state index contributed by atoms with van der Waals surface area (Å²) in [5.41, 5.74) is 2.80. The molecule has 0 aliphatic carbocycles. The number of hydrogen-bond acceptors (Lipinski definition) is 5. The molecule has 2 aliphatic heterocycles. The van der Waals surface area contributed by atoms with E-state index >= 15 is 0 Å². The van der Waals surface area contributed by atoms with Crippen LogP contribution in [0.1, 0.15) is 13.8 Å². The van der Waals surface area contributed by atoms with E-state index in [4.69, 9.17) is 0 Å². The van der Waals surface area contributed by atoms with Crippen molar-refractivity contribution in [2.75, 3.05) is 34.8 Å². The maximum atomic E-state index is 14.3. The van der Waals surface area contributed by atoms with Gasteiger partial charge >= 0.3 is 0 Å². The van der Waals surface area contributed by atoms with Gasteiger partial charge in [-0.15, -0.1) is 0 Å². The number of halogens is 1. The van der Waals surface area contributed by atoms with E-state index in [1.165, 1.54) is 6.07 Å². The molecule has 6 heteroatoms. The summed E-state index contributed by atoms with van der Waals surface area (Å²) in [5, 5.41) is 3.58. The molecule has 138 valence electrons. The zero-order valence-corrected chi connectivity index (χ0v) is 16.0. The molecule has 0 aromatic heterocycles. The van der Waals surface area contributed by atoms with Crippen molar-refractivity contribution in [2.45, 2.75) is 25.9 Å². The smallest absolute Gasteiger partial charge is 0.147 e. The summed E-state index contributed by atoms with van der Waals surface area (Å²) in [7, 11) is 0. The first-order valence-corrected chi connectivity index (χ1v) is 9.92. The summed E-state index contributed by atoms with van der Waals surface area (Å²) >= 11 is 1.58. The number of fused-ring (bicyclic) bond motifs is 1. The van der Waals surface area contributed by atoms with Crippen LogP contribution < -0.4 is 13.9 Å². The quantitative estimate of drug-likeness (QED) is 0.816. The van der Waals surface area contributed by atoms with Crippen LogP contribution in [-0.4, -0.2) is 43.2 Å².